The second kappa shape index (κ2) is 10.0. The highest BCUT2D eigenvalue weighted by Crippen LogP contribution is 2.28. The maximum absolute atomic E-state index is 12.7. The fraction of sp³-hybridized carbons (Fsp3) is 0.500. The van der Waals surface area contributed by atoms with E-state index in [1.807, 2.05) is 29.7 Å². The summed E-state index contributed by atoms with van der Waals surface area (Å²) >= 11 is 1.86. The predicted octanol–water partition coefficient (Wildman–Crippen LogP) is 4.05. The van der Waals surface area contributed by atoms with E-state index in [0.717, 1.165) is 30.5 Å². The number of hydrogen-bond acceptors (Lipinski definition) is 4. The molecule has 1 atom stereocenters. The highest BCUT2D eigenvalue weighted by Gasteiger charge is 2.24. The van der Waals surface area contributed by atoms with Gasteiger partial charge < -0.3 is 15.5 Å². The molecule has 2 heterocycles. The molecule has 3 rings (SSSR count). The lowest BCUT2D eigenvalue weighted by atomic mass is 10.0. The van der Waals surface area contributed by atoms with Crippen molar-refractivity contribution in [3.05, 3.63) is 41.7 Å². The van der Waals surface area contributed by atoms with Gasteiger partial charge in [-0.15, -0.1) is 11.8 Å². The molecule has 1 aromatic carbocycles. The Morgan fingerprint density at radius 3 is 2.63 bits per heavy atom. The largest absolute Gasteiger partial charge is 0.349 e. The molecule has 0 aliphatic carbocycles. The van der Waals surface area contributed by atoms with Crippen LogP contribution in [0.2, 0.25) is 0 Å². The topological polar surface area (TPSA) is 79.3 Å². The Balaban J connectivity index is 1.49. The number of carbonyl (C=O) groups is 2. The summed E-state index contributed by atoms with van der Waals surface area (Å²) in [5.41, 5.74) is 2.47. The van der Waals surface area contributed by atoms with Crippen LogP contribution in [0.3, 0.4) is 0 Å². The van der Waals surface area contributed by atoms with Gasteiger partial charge in [-0.3, -0.25) is 9.48 Å². The summed E-state index contributed by atoms with van der Waals surface area (Å²) in [5.74, 6) is -0.114. The van der Waals surface area contributed by atoms with Crippen LogP contribution in [0.4, 0.5) is 10.5 Å². The predicted molar refractivity (Wildman–Crippen MR) is 121 cm³/mol. The number of nitrogens with zero attached hydrogens (tertiary/aromatic N) is 3. The number of amides is 3. The van der Waals surface area contributed by atoms with Crippen molar-refractivity contribution in [3.63, 3.8) is 0 Å². The third-order valence-corrected chi connectivity index (χ3v) is 6.70. The van der Waals surface area contributed by atoms with Crippen LogP contribution >= 0.6 is 11.8 Å². The Labute approximate surface area is 182 Å². The third kappa shape index (κ3) is 5.78. The van der Waals surface area contributed by atoms with Crippen molar-refractivity contribution in [2.24, 2.45) is 7.05 Å². The van der Waals surface area contributed by atoms with Crippen LogP contribution in [-0.4, -0.2) is 51.0 Å². The van der Waals surface area contributed by atoms with E-state index in [4.69, 9.17) is 0 Å². The van der Waals surface area contributed by atoms with Crippen LogP contribution in [-0.2, 0) is 7.05 Å². The molecule has 1 fully saturated rings. The van der Waals surface area contributed by atoms with Crippen LogP contribution in [0.15, 0.2) is 35.5 Å². The Morgan fingerprint density at radius 1 is 1.30 bits per heavy atom. The number of hydrogen-bond donors (Lipinski definition) is 2. The first-order chi connectivity index (χ1) is 14.4. The number of nitrogens with one attached hydrogen (secondary N) is 2. The van der Waals surface area contributed by atoms with Gasteiger partial charge in [0.15, 0.2) is 0 Å². The SMILES string of the molecule is CCC(C)Sc1ccc(NC(=O)N2CCC(NC(=O)c3cnn(C)c3)CC2)c(C)c1. The molecule has 30 heavy (non-hydrogen) atoms. The lowest BCUT2D eigenvalue weighted by Gasteiger charge is -2.32. The fourth-order valence-electron chi connectivity index (χ4n) is 3.39. The van der Waals surface area contributed by atoms with E-state index < -0.39 is 0 Å². The fourth-order valence-corrected chi connectivity index (χ4v) is 4.42. The van der Waals surface area contributed by atoms with E-state index in [2.05, 4.69) is 41.7 Å². The Kier molecular flexibility index (Phi) is 7.42. The molecule has 1 aromatic heterocycles. The average Bonchev–Trinajstić information content (AvgIpc) is 3.17. The molecular formula is C22H31N5O2S. The van der Waals surface area contributed by atoms with Crippen molar-refractivity contribution in [1.82, 2.24) is 20.0 Å². The van der Waals surface area contributed by atoms with E-state index in [0.29, 0.717) is 23.9 Å². The maximum Gasteiger partial charge on any atom is 0.321 e. The van der Waals surface area contributed by atoms with E-state index in [9.17, 15) is 9.59 Å². The van der Waals surface area contributed by atoms with Crippen molar-refractivity contribution in [3.8, 4) is 0 Å². The number of aryl methyl sites for hydroxylation is 2. The first kappa shape index (κ1) is 22.2. The number of thioether (sulfide) groups is 1. The van der Waals surface area contributed by atoms with Gasteiger partial charge >= 0.3 is 6.03 Å². The normalized spacial score (nSPS) is 15.7. The molecule has 1 unspecified atom stereocenters. The smallest absolute Gasteiger partial charge is 0.321 e. The summed E-state index contributed by atoms with van der Waals surface area (Å²) < 4.78 is 1.61. The number of piperidine rings is 1. The van der Waals surface area contributed by atoms with Gasteiger partial charge in [0.05, 0.1) is 11.8 Å². The summed E-state index contributed by atoms with van der Waals surface area (Å²) in [4.78, 5) is 28.0. The van der Waals surface area contributed by atoms with Crippen LogP contribution in [0.1, 0.15) is 49.0 Å². The molecule has 0 bridgehead atoms. The molecule has 1 aliphatic rings. The zero-order chi connectivity index (χ0) is 21.7. The molecule has 0 spiro atoms. The van der Waals surface area contributed by atoms with Gasteiger partial charge in [-0.2, -0.15) is 5.10 Å². The summed E-state index contributed by atoms with van der Waals surface area (Å²) in [6.45, 7) is 7.66. The molecule has 2 aromatic rings. The number of likely N-dealkylation sites (tertiary alicyclic amines) is 1. The van der Waals surface area contributed by atoms with Crippen LogP contribution in [0, 0.1) is 6.92 Å². The van der Waals surface area contributed by atoms with Gasteiger partial charge in [0.2, 0.25) is 0 Å². The third-order valence-electron chi connectivity index (χ3n) is 5.44. The first-order valence-electron chi connectivity index (χ1n) is 10.5. The van der Waals surface area contributed by atoms with Gasteiger partial charge in [-0.1, -0.05) is 13.8 Å². The lowest BCUT2D eigenvalue weighted by molar-refractivity contribution is 0.0919. The molecule has 162 valence electrons. The summed E-state index contributed by atoms with van der Waals surface area (Å²) in [5, 5.41) is 10.7. The van der Waals surface area contributed by atoms with Crippen molar-refractivity contribution in [2.45, 2.75) is 56.2 Å². The van der Waals surface area contributed by atoms with E-state index in [1.54, 1.807) is 24.1 Å². The quantitative estimate of drug-likeness (QED) is 0.679. The molecule has 0 radical (unpaired) electrons. The molecule has 3 amide bonds. The first-order valence-corrected chi connectivity index (χ1v) is 11.4. The zero-order valence-electron chi connectivity index (χ0n) is 18.1. The highest BCUT2D eigenvalue weighted by molar-refractivity contribution is 7.99. The molecule has 2 N–H and O–H groups in total. The Morgan fingerprint density at radius 2 is 2.03 bits per heavy atom. The van der Waals surface area contributed by atoms with Gasteiger partial charge in [0.1, 0.15) is 0 Å². The van der Waals surface area contributed by atoms with Gasteiger partial charge in [0, 0.05) is 48.2 Å². The van der Waals surface area contributed by atoms with E-state index in [1.165, 1.54) is 4.90 Å². The Hall–Kier alpha value is -2.48. The molecule has 0 saturated carbocycles. The maximum atomic E-state index is 12.7. The van der Waals surface area contributed by atoms with Gasteiger partial charge in [-0.25, -0.2) is 4.79 Å². The van der Waals surface area contributed by atoms with E-state index in [-0.39, 0.29) is 18.0 Å². The Bertz CT molecular complexity index is 889. The zero-order valence-corrected chi connectivity index (χ0v) is 19.0. The van der Waals surface area contributed by atoms with Crippen molar-refractivity contribution in [1.29, 1.82) is 0 Å². The van der Waals surface area contributed by atoms with Crippen LogP contribution < -0.4 is 10.6 Å². The van der Waals surface area contributed by atoms with Crippen molar-refractivity contribution in [2.75, 3.05) is 18.4 Å². The number of urea groups is 1. The van der Waals surface area contributed by atoms with Gasteiger partial charge in [-0.05, 0) is 49.9 Å². The standard InChI is InChI=1S/C22H31N5O2S/c1-5-16(3)30-19-6-7-20(15(2)12-19)25-22(29)27-10-8-18(9-11-27)24-21(28)17-13-23-26(4)14-17/h6-7,12-14,16,18H,5,8-11H2,1-4H3,(H,24,28)(H,25,29). The molecule has 1 aliphatic heterocycles. The lowest BCUT2D eigenvalue weighted by Crippen LogP contribution is -2.47. The average molecular weight is 430 g/mol. The monoisotopic (exact) mass is 429 g/mol. The molecule has 8 heteroatoms. The molecule has 7 nitrogen and oxygen atoms in total. The summed E-state index contributed by atoms with van der Waals surface area (Å²) in [6.07, 6.45) is 5.87. The number of benzene rings is 1. The minimum atomic E-state index is -0.114. The second-order valence-corrected chi connectivity index (χ2v) is 9.39. The van der Waals surface area contributed by atoms with Crippen LogP contribution in [0.5, 0.6) is 0 Å². The molecular weight excluding hydrogens is 398 g/mol. The van der Waals surface area contributed by atoms with Crippen molar-refractivity contribution < 1.29 is 9.59 Å². The minimum Gasteiger partial charge on any atom is -0.349 e. The summed E-state index contributed by atoms with van der Waals surface area (Å²) in [7, 11) is 1.79. The van der Waals surface area contributed by atoms with E-state index >= 15 is 0 Å². The number of rotatable bonds is 6. The van der Waals surface area contributed by atoms with Crippen molar-refractivity contribution >= 4 is 29.4 Å². The molecule has 1 saturated heterocycles. The summed E-state index contributed by atoms with van der Waals surface area (Å²) in [6, 6.07) is 6.17. The van der Waals surface area contributed by atoms with Gasteiger partial charge in [0.25, 0.3) is 5.91 Å². The number of carbonyl (C=O) groups excluding carboxylic acids is 2. The minimum absolute atomic E-state index is 0.0698. The van der Waals surface area contributed by atoms with Crippen LogP contribution in [0.25, 0.3) is 0 Å². The second-order valence-electron chi connectivity index (χ2n) is 7.88. The number of aromatic nitrogens is 2. The number of anilines is 1. The highest BCUT2D eigenvalue weighted by atomic mass is 32.2.